The molecule has 1 fully saturated rings. The van der Waals surface area contributed by atoms with Crippen LogP contribution in [-0.4, -0.2) is 89.0 Å². The van der Waals surface area contributed by atoms with Crippen molar-refractivity contribution < 1.29 is 49.0 Å². The number of aliphatic hydroxyl groups is 4. The van der Waals surface area contributed by atoms with Crippen molar-refractivity contribution >= 4 is 11.9 Å². The third-order valence-corrected chi connectivity index (χ3v) is 12.0. The van der Waals surface area contributed by atoms with Crippen LogP contribution in [-0.2, 0) is 28.5 Å². The van der Waals surface area contributed by atoms with Crippen molar-refractivity contribution in [1.82, 2.24) is 0 Å². The van der Waals surface area contributed by atoms with Crippen LogP contribution in [0.25, 0.3) is 0 Å². The quantitative estimate of drug-likeness (QED) is 0.0264. The molecule has 63 heavy (non-hydrogen) atoms. The Hall–Kier alpha value is -2.08. The highest BCUT2D eigenvalue weighted by molar-refractivity contribution is 5.70. The molecule has 0 bridgehead atoms. The molecule has 0 aliphatic carbocycles. The summed E-state index contributed by atoms with van der Waals surface area (Å²) >= 11 is 0. The summed E-state index contributed by atoms with van der Waals surface area (Å²) in [6.07, 6.45) is 44.6. The Labute approximate surface area is 385 Å². The zero-order valence-corrected chi connectivity index (χ0v) is 40.3. The molecule has 10 heteroatoms. The molecule has 10 nitrogen and oxygen atoms in total. The summed E-state index contributed by atoms with van der Waals surface area (Å²) in [6, 6.07) is 0. The van der Waals surface area contributed by atoms with Crippen LogP contribution in [0.1, 0.15) is 232 Å². The molecule has 0 amide bonds. The number of ether oxygens (including phenoxy) is 4. The van der Waals surface area contributed by atoms with E-state index < -0.39 is 55.4 Å². The molecule has 1 saturated heterocycles. The third kappa shape index (κ3) is 34.9. The Morgan fingerprint density at radius 1 is 0.476 bits per heavy atom. The van der Waals surface area contributed by atoms with Gasteiger partial charge in [-0.05, 0) is 70.6 Å². The van der Waals surface area contributed by atoms with E-state index in [2.05, 4.69) is 50.3 Å². The van der Waals surface area contributed by atoms with Crippen LogP contribution in [0.2, 0.25) is 0 Å². The number of unbranched alkanes of at least 4 members (excludes halogenated alkanes) is 27. The summed E-state index contributed by atoms with van der Waals surface area (Å²) in [4.78, 5) is 25.4. The summed E-state index contributed by atoms with van der Waals surface area (Å²) in [6.45, 7) is 3.39. The van der Waals surface area contributed by atoms with Gasteiger partial charge >= 0.3 is 11.9 Å². The van der Waals surface area contributed by atoms with Gasteiger partial charge in [-0.15, -0.1) is 0 Å². The lowest BCUT2D eigenvalue weighted by Crippen LogP contribution is -2.59. The Balaban J connectivity index is 2.28. The first kappa shape index (κ1) is 58.9. The highest BCUT2D eigenvalue weighted by Gasteiger charge is 2.44. The largest absolute Gasteiger partial charge is 0.462 e. The molecule has 6 atom stereocenters. The summed E-state index contributed by atoms with van der Waals surface area (Å²) in [5.74, 6) is -0.875. The molecule has 1 aliphatic heterocycles. The van der Waals surface area contributed by atoms with Gasteiger partial charge < -0.3 is 39.4 Å². The Bertz CT molecular complexity index is 1120. The SMILES string of the molecule is CCCCCCCCCCC/C=C/CCCCC(=O)OC[C@H](CO[C@@H]1O[C@H](CO)[C@H](O)C(O)C1O)OC(=O)CCC/C=C/CC/C=C/CCCCCCCCCCCCCCCC. The van der Waals surface area contributed by atoms with E-state index in [1.54, 1.807) is 0 Å². The molecular formula is C53H96O10. The molecular weight excluding hydrogens is 797 g/mol. The number of hydrogen-bond acceptors (Lipinski definition) is 10. The average Bonchev–Trinajstić information content (AvgIpc) is 3.28. The fourth-order valence-electron chi connectivity index (χ4n) is 7.85. The number of carbonyl (C=O) groups is 2. The monoisotopic (exact) mass is 893 g/mol. The minimum Gasteiger partial charge on any atom is -0.462 e. The highest BCUT2D eigenvalue weighted by Crippen LogP contribution is 2.23. The lowest BCUT2D eigenvalue weighted by molar-refractivity contribution is -0.305. The third-order valence-electron chi connectivity index (χ3n) is 12.0. The first-order valence-corrected chi connectivity index (χ1v) is 26.1. The number of allylic oxidation sites excluding steroid dienone is 6. The summed E-state index contributed by atoms with van der Waals surface area (Å²) < 4.78 is 22.2. The molecule has 0 saturated carbocycles. The topological polar surface area (TPSA) is 152 Å². The van der Waals surface area contributed by atoms with E-state index in [0.717, 1.165) is 44.9 Å². The molecule has 0 aromatic heterocycles. The molecule has 2 unspecified atom stereocenters. The van der Waals surface area contributed by atoms with Crippen molar-refractivity contribution in [3.63, 3.8) is 0 Å². The molecule has 4 N–H and O–H groups in total. The van der Waals surface area contributed by atoms with Gasteiger partial charge in [0.2, 0.25) is 0 Å². The van der Waals surface area contributed by atoms with E-state index in [9.17, 15) is 30.0 Å². The van der Waals surface area contributed by atoms with Gasteiger partial charge in [0.15, 0.2) is 12.4 Å². The zero-order valence-electron chi connectivity index (χ0n) is 40.3. The fraction of sp³-hybridized carbons (Fsp3) is 0.849. The first-order valence-electron chi connectivity index (χ1n) is 26.1. The van der Waals surface area contributed by atoms with Gasteiger partial charge in [-0.25, -0.2) is 0 Å². The van der Waals surface area contributed by atoms with Crippen LogP contribution in [0.4, 0.5) is 0 Å². The van der Waals surface area contributed by atoms with Gasteiger partial charge in [0.1, 0.15) is 31.0 Å². The van der Waals surface area contributed by atoms with E-state index >= 15 is 0 Å². The second kappa shape index (κ2) is 43.8. The van der Waals surface area contributed by atoms with Crippen LogP contribution < -0.4 is 0 Å². The van der Waals surface area contributed by atoms with Crippen LogP contribution in [0.5, 0.6) is 0 Å². The van der Waals surface area contributed by atoms with E-state index in [4.69, 9.17) is 18.9 Å². The standard InChI is InChI=1S/C53H96O10/c1-3-5-7-9-11-13-15-17-19-20-21-22-23-24-25-26-28-30-32-34-36-38-40-42-49(56)62-46(45-61-53-52(59)51(58)50(57)47(43-54)63-53)44-60-48(55)41-39-37-35-33-31-29-27-18-16-14-12-10-8-6-4-2/h26,28,31,33-34,36,46-47,50-54,57-59H,3-25,27,29-30,32,35,37-45H2,1-2H3/b28-26+,33-31+,36-34+/t46-,47-,50+,51?,52?,53-/m1/s1. The van der Waals surface area contributed by atoms with Gasteiger partial charge in [0.05, 0.1) is 13.2 Å². The van der Waals surface area contributed by atoms with Crippen molar-refractivity contribution in [1.29, 1.82) is 0 Å². The summed E-state index contributed by atoms with van der Waals surface area (Å²) in [7, 11) is 0. The van der Waals surface area contributed by atoms with Crippen LogP contribution in [0.3, 0.4) is 0 Å². The molecule has 1 aliphatic rings. The van der Waals surface area contributed by atoms with Gasteiger partial charge in [0.25, 0.3) is 0 Å². The molecule has 1 heterocycles. The van der Waals surface area contributed by atoms with Crippen molar-refractivity contribution in [2.75, 3.05) is 19.8 Å². The van der Waals surface area contributed by atoms with Crippen molar-refractivity contribution in [3.05, 3.63) is 36.5 Å². The van der Waals surface area contributed by atoms with E-state index in [-0.39, 0.29) is 26.1 Å². The first-order chi connectivity index (χ1) is 30.8. The van der Waals surface area contributed by atoms with Gasteiger partial charge in [-0.3, -0.25) is 9.59 Å². The Morgan fingerprint density at radius 3 is 1.33 bits per heavy atom. The smallest absolute Gasteiger partial charge is 0.306 e. The molecule has 0 spiro atoms. The fourth-order valence-corrected chi connectivity index (χ4v) is 7.85. The molecule has 1 rings (SSSR count). The van der Waals surface area contributed by atoms with E-state index in [1.165, 1.54) is 148 Å². The lowest BCUT2D eigenvalue weighted by Gasteiger charge is -2.39. The van der Waals surface area contributed by atoms with Gasteiger partial charge in [-0.2, -0.15) is 0 Å². The summed E-state index contributed by atoms with van der Waals surface area (Å²) in [5.41, 5.74) is 0. The molecule has 0 radical (unpaired) electrons. The number of hydrogen-bond donors (Lipinski definition) is 4. The van der Waals surface area contributed by atoms with Gasteiger partial charge in [0, 0.05) is 12.8 Å². The predicted molar refractivity (Wildman–Crippen MR) is 256 cm³/mol. The number of rotatable bonds is 44. The maximum absolute atomic E-state index is 12.8. The molecule has 368 valence electrons. The minimum atomic E-state index is -1.60. The van der Waals surface area contributed by atoms with Crippen molar-refractivity contribution in [3.8, 4) is 0 Å². The second-order valence-electron chi connectivity index (χ2n) is 18.0. The maximum Gasteiger partial charge on any atom is 0.306 e. The van der Waals surface area contributed by atoms with Crippen LogP contribution in [0.15, 0.2) is 36.5 Å². The molecule has 0 aromatic carbocycles. The van der Waals surface area contributed by atoms with Crippen LogP contribution >= 0.6 is 0 Å². The van der Waals surface area contributed by atoms with Crippen LogP contribution in [0, 0.1) is 0 Å². The van der Waals surface area contributed by atoms with Gasteiger partial charge in [-0.1, -0.05) is 185 Å². The predicted octanol–water partition coefficient (Wildman–Crippen LogP) is 12.2. The number of carbonyl (C=O) groups excluding carboxylic acids is 2. The summed E-state index contributed by atoms with van der Waals surface area (Å²) in [5, 5.41) is 40.2. The lowest BCUT2D eigenvalue weighted by atomic mass is 9.99. The number of aliphatic hydroxyl groups excluding tert-OH is 4. The number of esters is 2. The van der Waals surface area contributed by atoms with Crippen molar-refractivity contribution in [2.45, 2.75) is 269 Å². The minimum absolute atomic E-state index is 0.167. The zero-order chi connectivity index (χ0) is 45.9. The Kier molecular flexibility index (Phi) is 41.0. The van der Waals surface area contributed by atoms with E-state index in [1.807, 2.05) is 0 Å². The average molecular weight is 893 g/mol. The second-order valence-corrected chi connectivity index (χ2v) is 18.0. The van der Waals surface area contributed by atoms with Crippen molar-refractivity contribution in [2.24, 2.45) is 0 Å². The van der Waals surface area contributed by atoms with E-state index in [0.29, 0.717) is 12.8 Å². The highest BCUT2D eigenvalue weighted by atomic mass is 16.7. The maximum atomic E-state index is 12.8. The Morgan fingerprint density at radius 2 is 0.873 bits per heavy atom. The molecule has 0 aromatic rings. The normalized spacial score (nSPS) is 19.7.